The predicted molar refractivity (Wildman–Crippen MR) is 61.6 cm³/mol. The highest BCUT2D eigenvalue weighted by atomic mass is 16.3. The molecule has 0 aliphatic carbocycles. The van der Waals surface area contributed by atoms with Gasteiger partial charge >= 0.3 is 0 Å². The van der Waals surface area contributed by atoms with Crippen LogP contribution in [0.15, 0.2) is 24.5 Å². The van der Waals surface area contributed by atoms with Crippen molar-refractivity contribution in [1.82, 2.24) is 10.3 Å². The number of hydrogen-bond acceptors (Lipinski definition) is 3. The summed E-state index contributed by atoms with van der Waals surface area (Å²) < 4.78 is 0. The lowest BCUT2D eigenvalue weighted by Gasteiger charge is -2.19. The fourth-order valence-corrected chi connectivity index (χ4v) is 1.36. The number of nitrogens with zero attached hydrogens (tertiary/aromatic N) is 1. The second-order valence-electron chi connectivity index (χ2n) is 4.52. The van der Waals surface area contributed by atoms with E-state index in [0.29, 0.717) is 6.04 Å². The maximum atomic E-state index is 9.55. The van der Waals surface area contributed by atoms with E-state index >= 15 is 0 Å². The van der Waals surface area contributed by atoms with Gasteiger partial charge in [-0.1, -0.05) is 0 Å². The monoisotopic (exact) mass is 208 g/mol. The molecule has 15 heavy (non-hydrogen) atoms. The van der Waals surface area contributed by atoms with Crippen molar-refractivity contribution >= 4 is 0 Å². The molecular formula is C12H20N2O. The van der Waals surface area contributed by atoms with Crippen LogP contribution in [-0.4, -0.2) is 22.2 Å². The minimum Gasteiger partial charge on any atom is -0.390 e. The van der Waals surface area contributed by atoms with Gasteiger partial charge in [-0.3, -0.25) is 4.98 Å². The number of nitrogens with one attached hydrogen (secondary N) is 1. The summed E-state index contributed by atoms with van der Waals surface area (Å²) >= 11 is 0. The maximum Gasteiger partial charge on any atom is 0.0603 e. The molecule has 0 saturated heterocycles. The molecule has 3 heteroatoms. The second-order valence-corrected chi connectivity index (χ2v) is 4.52. The molecule has 1 rings (SSSR count). The number of rotatable bonds is 5. The SMILES string of the molecule is C[C@@H](NCCC(C)(C)O)c1ccncc1. The first-order valence-corrected chi connectivity index (χ1v) is 5.35. The van der Waals surface area contributed by atoms with Crippen LogP contribution in [0.3, 0.4) is 0 Å². The van der Waals surface area contributed by atoms with Crippen molar-refractivity contribution in [2.45, 2.75) is 38.8 Å². The molecule has 0 aliphatic rings. The first kappa shape index (κ1) is 12.1. The summed E-state index contributed by atoms with van der Waals surface area (Å²) in [6, 6.07) is 4.30. The fraction of sp³-hybridized carbons (Fsp3) is 0.583. The molecule has 1 aromatic heterocycles. The van der Waals surface area contributed by atoms with Crippen molar-refractivity contribution < 1.29 is 5.11 Å². The topological polar surface area (TPSA) is 45.1 Å². The van der Waals surface area contributed by atoms with E-state index in [2.05, 4.69) is 17.2 Å². The van der Waals surface area contributed by atoms with Gasteiger partial charge < -0.3 is 10.4 Å². The van der Waals surface area contributed by atoms with E-state index < -0.39 is 5.60 Å². The molecule has 2 N–H and O–H groups in total. The molecular weight excluding hydrogens is 188 g/mol. The summed E-state index contributed by atoms with van der Waals surface area (Å²) in [4.78, 5) is 3.98. The molecule has 1 heterocycles. The second kappa shape index (κ2) is 5.24. The van der Waals surface area contributed by atoms with Gasteiger partial charge in [-0.15, -0.1) is 0 Å². The summed E-state index contributed by atoms with van der Waals surface area (Å²) in [5.41, 5.74) is 0.631. The molecule has 0 saturated carbocycles. The summed E-state index contributed by atoms with van der Waals surface area (Å²) in [5.74, 6) is 0. The van der Waals surface area contributed by atoms with Gasteiger partial charge in [0, 0.05) is 18.4 Å². The molecule has 1 atom stereocenters. The third-order valence-corrected chi connectivity index (χ3v) is 2.39. The van der Waals surface area contributed by atoms with Gasteiger partial charge in [0.05, 0.1) is 5.60 Å². The van der Waals surface area contributed by atoms with E-state index in [4.69, 9.17) is 0 Å². The summed E-state index contributed by atoms with van der Waals surface area (Å²) in [5, 5.41) is 12.9. The van der Waals surface area contributed by atoms with Crippen molar-refractivity contribution in [3.05, 3.63) is 30.1 Å². The largest absolute Gasteiger partial charge is 0.390 e. The first-order valence-electron chi connectivity index (χ1n) is 5.35. The van der Waals surface area contributed by atoms with Crippen LogP contribution >= 0.6 is 0 Å². The van der Waals surface area contributed by atoms with E-state index in [1.165, 1.54) is 5.56 Å². The Kier molecular flexibility index (Phi) is 4.24. The van der Waals surface area contributed by atoms with Crippen molar-refractivity contribution in [1.29, 1.82) is 0 Å². The summed E-state index contributed by atoms with van der Waals surface area (Å²) in [6.07, 6.45) is 4.34. The molecule has 0 bridgehead atoms. The van der Waals surface area contributed by atoms with Crippen LogP contribution in [0.4, 0.5) is 0 Å². The number of pyridine rings is 1. The minimum absolute atomic E-state index is 0.301. The van der Waals surface area contributed by atoms with Crippen LogP contribution in [0.2, 0.25) is 0 Å². The molecule has 3 nitrogen and oxygen atoms in total. The highest BCUT2D eigenvalue weighted by Gasteiger charge is 2.12. The fourth-order valence-electron chi connectivity index (χ4n) is 1.36. The molecule has 0 radical (unpaired) electrons. The van der Waals surface area contributed by atoms with Gasteiger partial charge in [-0.2, -0.15) is 0 Å². The van der Waals surface area contributed by atoms with Gasteiger partial charge in [0.1, 0.15) is 0 Å². The predicted octanol–water partition coefficient (Wildman–Crippen LogP) is 1.89. The average molecular weight is 208 g/mol. The lowest BCUT2D eigenvalue weighted by atomic mass is 10.1. The quantitative estimate of drug-likeness (QED) is 0.776. The minimum atomic E-state index is -0.592. The van der Waals surface area contributed by atoms with Gasteiger partial charge in [0.15, 0.2) is 0 Å². The zero-order valence-electron chi connectivity index (χ0n) is 9.70. The number of aromatic nitrogens is 1. The molecule has 0 aromatic carbocycles. The molecule has 0 amide bonds. The highest BCUT2D eigenvalue weighted by molar-refractivity contribution is 5.13. The highest BCUT2D eigenvalue weighted by Crippen LogP contribution is 2.11. The van der Waals surface area contributed by atoms with Gasteiger partial charge in [-0.25, -0.2) is 0 Å². The molecule has 1 aromatic rings. The Balaban J connectivity index is 2.34. The lowest BCUT2D eigenvalue weighted by Crippen LogP contribution is -2.28. The zero-order valence-corrected chi connectivity index (χ0v) is 9.70. The average Bonchev–Trinajstić information content (AvgIpc) is 2.17. The standard InChI is InChI=1S/C12H20N2O/c1-10(11-4-7-13-8-5-11)14-9-6-12(2,3)15/h4-5,7-8,10,14-15H,6,9H2,1-3H3/t10-/m1/s1. The summed E-state index contributed by atoms with van der Waals surface area (Å²) in [6.45, 7) is 6.57. The zero-order chi connectivity index (χ0) is 11.3. The summed E-state index contributed by atoms with van der Waals surface area (Å²) in [7, 11) is 0. The number of aliphatic hydroxyl groups is 1. The molecule has 0 fully saturated rings. The van der Waals surface area contributed by atoms with Crippen LogP contribution in [-0.2, 0) is 0 Å². The number of hydrogen-bond donors (Lipinski definition) is 2. The van der Waals surface area contributed by atoms with Crippen molar-refractivity contribution in [2.24, 2.45) is 0 Å². The lowest BCUT2D eigenvalue weighted by molar-refractivity contribution is 0.0705. The normalized spacial score (nSPS) is 13.9. The Bertz CT molecular complexity index is 279. The smallest absolute Gasteiger partial charge is 0.0603 e. The molecule has 0 unspecified atom stereocenters. The van der Waals surface area contributed by atoms with Crippen LogP contribution in [0.1, 0.15) is 38.8 Å². The van der Waals surface area contributed by atoms with Crippen LogP contribution in [0, 0.1) is 0 Å². The van der Waals surface area contributed by atoms with E-state index in [1.54, 1.807) is 12.4 Å². The van der Waals surface area contributed by atoms with E-state index in [9.17, 15) is 5.11 Å². The van der Waals surface area contributed by atoms with Crippen molar-refractivity contribution in [3.63, 3.8) is 0 Å². The van der Waals surface area contributed by atoms with E-state index in [0.717, 1.165) is 13.0 Å². The maximum absolute atomic E-state index is 9.55. The van der Waals surface area contributed by atoms with Crippen LogP contribution < -0.4 is 5.32 Å². The van der Waals surface area contributed by atoms with Crippen LogP contribution in [0.5, 0.6) is 0 Å². The van der Waals surface area contributed by atoms with Crippen molar-refractivity contribution in [2.75, 3.05) is 6.54 Å². The third kappa shape index (κ3) is 4.91. The van der Waals surface area contributed by atoms with Crippen LogP contribution in [0.25, 0.3) is 0 Å². The van der Waals surface area contributed by atoms with Gasteiger partial charge in [0.25, 0.3) is 0 Å². The Hall–Kier alpha value is -0.930. The van der Waals surface area contributed by atoms with Gasteiger partial charge in [0.2, 0.25) is 0 Å². The van der Waals surface area contributed by atoms with E-state index in [1.807, 2.05) is 26.0 Å². The Morgan fingerprint density at radius 3 is 2.53 bits per heavy atom. The Labute approximate surface area is 91.5 Å². The van der Waals surface area contributed by atoms with E-state index in [-0.39, 0.29) is 0 Å². The Morgan fingerprint density at radius 1 is 1.40 bits per heavy atom. The molecule has 84 valence electrons. The first-order chi connectivity index (χ1) is 6.99. The third-order valence-electron chi connectivity index (χ3n) is 2.39. The Morgan fingerprint density at radius 2 is 2.00 bits per heavy atom. The molecule has 0 spiro atoms. The molecule has 0 aliphatic heterocycles. The van der Waals surface area contributed by atoms with Gasteiger partial charge in [-0.05, 0) is 51.4 Å². The van der Waals surface area contributed by atoms with Crippen molar-refractivity contribution in [3.8, 4) is 0 Å².